The monoisotopic (exact) mass is 258 g/mol. The highest BCUT2D eigenvalue weighted by Crippen LogP contribution is 2.23. The van der Waals surface area contributed by atoms with Crippen LogP contribution in [0.4, 0.5) is 0 Å². The van der Waals surface area contributed by atoms with Crippen molar-refractivity contribution in [3.63, 3.8) is 0 Å². The molecular formula is C15H18N2O2. The van der Waals surface area contributed by atoms with Crippen molar-refractivity contribution in [2.75, 3.05) is 20.2 Å². The molecule has 0 aromatic heterocycles. The highest BCUT2D eigenvalue weighted by Gasteiger charge is 1.98. The van der Waals surface area contributed by atoms with Crippen LogP contribution >= 0.6 is 0 Å². The van der Waals surface area contributed by atoms with Crippen LogP contribution in [0.5, 0.6) is 17.2 Å². The van der Waals surface area contributed by atoms with E-state index in [1.807, 2.05) is 54.6 Å². The molecule has 2 aromatic carbocycles. The third kappa shape index (κ3) is 4.62. The summed E-state index contributed by atoms with van der Waals surface area (Å²) >= 11 is 0. The molecule has 2 aromatic rings. The van der Waals surface area contributed by atoms with E-state index in [-0.39, 0.29) is 0 Å². The summed E-state index contributed by atoms with van der Waals surface area (Å²) in [6.45, 7) is 1.24. The number of nitrogens with zero attached hydrogens (tertiary/aromatic N) is 1. The largest absolute Gasteiger partial charge is 0.492 e. The second-order valence-corrected chi connectivity index (χ2v) is 4.22. The van der Waals surface area contributed by atoms with Gasteiger partial charge >= 0.3 is 0 Å². The number of para-hydroxylation sites is 1. The van der Waals surface area contributed by atoms with Crippen LogP contribution in [0.3, 0.4) is 0 Å². The number of benzene rings is 2. The zero-order valence-corrected chi connectivity index (χ0v) is 11.0. The predicted octanol–water partition coefficient (Wildman–Crippen LogP) is 2.66. The summed E-state index contributed by atoms with van der Waals surface area (Å²) < 4.78 is 11.2. The van der Waals surface area contributed by atoms with E-state index in [4.69, 9.17) is 15.3 Å². The van der Waals surface area contributed by atoms with E-state index in [0.717, 1.165) is 17.2 Å². The molecule has 0 saturated heterocycles. The molecule has 4 heteroatoms. The first kappa shape index (κ1) is 13.4. The summed E-state index contributed by atoms with van der Waals surface area (Å²) in [4.78, 5) is 0. The molecule has 2 N–H and O–H groups in total. The van der Waals surface area contributed by atoms with E-state index in [2.05, 4.69) is 0 Å². The van der Waals surface area contributed by atoms with Crippen molar-refractivity contribution in [2.24, 2.45) is 5.84 Å². The molecule has 0 aliphatic heterocycles. The van der Waals surface area contributed by atoms with Crippen LogP contribution < -0.4 is 15.3 Å². The number of nitrogens with two attached hydrogens (primary N) is 1. The zero-order chi connectivity index (χ0) is 13.5. The molecule has 0 spiro atoms. The van der Waals surface area contributed by atoms with Gasteiger partial charge in [-0.25, -0.2) is 5.01 Å². The molecule has 0 radical (unpaired) electrons. The highest BCUT2D eigenvalue weighted by molar-refractivity contribution is 5.35. The number of hydrazine groups is 1. The summed E-state index contributed by atoms with van der Waals surface area (Å²) in [5, 5.41) is 1.59. The lowest BCUT2D eigenvalue weighted by molar-refractivity contribution is 0.241. The van der Waals surface area contributed by atoms with E-state index >= 15 is 0 Å². The van der Waals surface area contributed by atoms with Crippen LogP contribution in [0.2, 0.25) is 0 Å². The number of ether oxygens (including phenoxy) is 2. The molecule has 0 aliphatic rings. The van der Waals surface area contributed by atoms with Gasteiger partial charge in [0.2, 0.25) is 0 Å². The summed E-state index contributed by atoms with van der Waals surface area (Å²) in [6.07, 6.45) is 0. The molecule has 2 rings (SSSR count). The lowest BCUT2D eigenvalue weighted by atomic mass is 10.3. The van der Waals surface area contributed by atoms with Crippen molar-refractivity contribution >= 4 is 0 Å². The Kier molecular flexibility index (Phi) is 4.78. The molecule has 0 aliphatic carbocycles. The van der Waals surface area contributed by atoms with Crippen molar-refractivity contribution in [3.8, 4) is 17.2 Å². The molecule has 0 atom stereocenters. The summed E-state index contributed by atoms with van der Waals surface area (Å²) in [7, 11) is 1.81. The molecule has 0 bridgehead atoms. The summed E-state index contributed by atoms with van der Waals surface area (Å²) in [6, 6.07) is 17.2. The molecule has 19 heavy (non-hydrogen) atoms. The molecule has 0 heterocycles. The summed E-state index contributed by atoms with van der Waals surface area (Å²) in [5.41, 5.74) is 0. The Hall–Kier alpha value is -2.04. The maximum Gasteiger partial charge on any atom is 0.127 e. The fourth-order valence-electron chi connectivity index (χ4n) is 1.54. The first-order valence-electron chi connectivity index (χ1n) is 6.15. The number of rotatable bonds is 6. The van der Waals surface area contributed by atoms with Gasteiger partial charge < -0.3 is 9.47 Å². The van der Waals surface area contributed by atoms with Gasteiger partial charge in [0.25, 0.3) is 0 Å². The minimum absolute atomic E-state index is 0.561. The Morgan fingerprint density at radius 2 is 1.47 bits per heavy atom. The minimum atomic E-state index is 0.561. The van der Waals surface area contributed by atoms with Gasteiger partial charge in [0, 0.05) is 13.6 Å². The van der Waals surface area contributed by atoms with Crippen LogP contribution in [-0.4, -0.2) is 25.2 Å². The third-order valence-corrected chi connectivity index (χ3v) is 2.52. The van der Waals surface area contributed by atoms with Gasteiger partial charge in [-0.05, 0) is 36.4 Å². The Labute approximate surface area is 113 Å². The van der Waals surface area contributed by atoms with Gasteiger partial charge in [0.1, 0.15) is 23.9 Å². The van der Waals surface area contributed by atoms with E-state index in [1.165, 1.54) is 0 Å². The van der Waals surface area contributed by atoms with E-state index in [1.54, 1.807) is 12.1 Å². The number of hydrogen-bond acceptors (Lipinski definition) is 4. The Bertz CT molecular complexity index is 483. The average Bonchev–Trinajstić information content (AvgIpc) is 2.42. The lowest BCUT2D eigenvalue weighted by Crippen LogP contribution is -2.30. The maximum absolute atomic E-state index is 5.69. The molecule has 0 fully saturated rings. The van der Waals surface area contributed by atoms with Gasteiger partial charge in [-0.3, -0.25) is 5.84 Å². The second kappa shape index (κ2) is 6.78. The first-order chi connectivity index (χ1) is 9.24. The minimum Gasteiger partial charge on any atom is -0.492 e. The first-order valence-corrected chi connectivity index (χ1v) is 6.15. The smallest absolute Gasteiger partial charge is 0.127 e. The van der Waals surface area contributed by atoms with E-state index in [9.17, 15) is 0 Å². The summed E-state index contributed by atoms with van der Waals surface area (Å²) in [5.74, 6) is 7.91. The highest BCUT2D eigenvalue weighted by atomic mass is 16.5. The molecule has 0 saturated carbocycles. The van der Waals surface area contributed by atoms with Gasteiger partial charge in [0.05, 0.1) is 0 Å². The van der Waals surface area contributed by atoms with Crippen LogP contribution in [0.15, 0.2) is 54.6 Å². The normalized spacial score (nSPS) is 10.5. The quantitative estimate of drug-likeness (QED) is 0.639. The lowest BCUT2D eigenvalue weighted by Gasteiger charge is -2.11. The Morgan fingerprint density at radius 3 is 2.11 bits per heavy atom. The number of hydrogen-bond donors (Lipinski definition) is 1. The van der Waals surface area contributed by atoms with Gasteiger partial charge in [-0.15, -0.1) is 0 Å². The third-order valence-electron chi connectivity index (χ3n) is 2.52. The molecule has 4 nitrogen and oxygen atoms in total. The molecule has 100 valence electrons. The van der Waals surface area contributed by atoms with Crippen molar-refractivity contribution in [2.45, 2.75) is 0 Å². The zero-order valence-electron chi connectivity index (χ0n) is 11.0. The van der Waals surface area contributed by atoms with Crippen LogP contribution in [-0.2, 0) is 0 Å². The van der Waals surface area contributed by atoms with Crippen LogP contribution in [0.25, 0.3) is 0 Å². The Balaban J connectivity index is 1.88. The fourth-order valence-corrected chi connectivity index (χ4v) is 1.54. The van der Waals surface area contributed by atoms with Gasteiger partial charge in [0.15, 0.2) is 0 Å². The number of likely N-dealkylation sites (N-methyl/N-ethyl adjacent to an activating group) is 1. The fraction of sp³-hybridized carbons (Fsp3) is 0.200. The van der Waals surface area contributed by atoms with E-state index < -0.39 is 0 Å². The van der Waals surface area contributed by atoms with E-state index in [0.29, 0.717) is 13.2 Å². The standard InChI is InChI=1S/C15H18N2O2/c1-17(16)11-12-18-13-7-9-15(10-8-13)19-14-5-3-2-4-6-14/h2-10H,11-12,16H2,1H3. The second-order valence-electron chi connectivity index (χ2n) is 4.22. The van der Waals surface area contributed by atoms with Gasteiger partial charge in [-0.2, -0.15) is 0 Å². The Morgan fingerprint density at radius 1 is 0.895 bits per heavy atom. The van der Waals surface area contributed by atoms with Crippen molar-refractivity contribution in [1.82, 2.24) is 5.01 Å². The molecule has 0 amide bonds. The van der Waals surface area contributed by atoms with Gasteiger partial charge in [-0.1, -0.05) is 18.2 Å². The topological polar surface area (TPSA) is 47.7 Å². The van der Waals surface area contributed by atoms with Crippen molar-refractivity contribution in [3.05, 3.63) is 54.6 Å². The average molecular weight is 258 g/mol. The van der Waals surface area contributed by atoms with Crippen LogP contribution in [0.1, 0.15) is 0 Å². The molecule has 0 unspecified atom stereocenters. The SMILES string of the molecule is CN(N)CCOc1ccc(Oc2ccccc2)cc1. The van der Waals surface area contributed by atoms with Crippen molar-refractivity contribution in [1.29, 1.82) is 0 Å². The maximum atomic E-state index is 5.69. The van der Waals surface area contributed by atoms with Crippen molar-refractivity contribution < 1.29 is 9.47 Å². The molecular weight excluding hydrogens is 240 g/mol. The predicted molar refractivity (Wildman–Crippen MR) is 75.3 cm³/mol. The van der Waals surface area contributed by atoms with Crippen LogP contribution in [0, 0.1) is 0 Å².